The van der Waals surface area contributed by atoms with Gasteiger partial charge in [-0.05, 0) is 60.9 Å². The molecule has 0 spiro atoms. The summed E-state index contributed by atoms with van der Waals surface area (Å²) in [6.07, 6.45) is 9.89. The molecule has 6 heteroatoms. The fourth-order valence-corrected chi connectivity index (χ4v) is 3.97. The second kappa shape index (κ2) is 7.39. The molecule has 2 aromatic rings. The Bertz CT molecular complexity index is 889. The second-order valence-electron chi connectivity index (χ2n) is 7.41. The number of hydrogen-bond donors (Lipinski definition) is 2. The van der Waals surface area contributed by atoms with Crippen LogP contribution in [-0.2, 0) is 4.79 Å². The summed E-state index contributed by atoms with van der Waals surface area (Å²) in [5, 5.41) is 3.52. The van der Waals surface area contributed by atoms with E-state index >= 15 is 0 Å². The second-order valence-corrected chi connectivity index (χ2v) is 7.41. The fraction of sp³-hybridized carbons (Fsp3) is 0.381. The molecule has 3 heterocycles. The highest BCUT2D eigenvalue weighted by Gasteiger charge is 2.40. The molecule has 1 unspecified atom stereocenters. The van der Waals surface area contributed by atoms with Gasteiger partial charge in [0, 0.05) is 43.3 Å². The summed E-state index contributed by atoms with van der Waals surface area (Å²) in [7, 11) is 0. The molecule has 1 amide bonds. The molecular weight excluding hydrogens is 340 g/mol. The first kappa shape index (κ1) is 17.5. The van der Waals surface area contributed by atoms with Crippen LogP contribution in [0.1, 0.15) is 19.3 Å². The lowest BCUT2D eigenvalue weighted by Gasteiger charge is -2.26. The molecule has 4 rings (SSSR count). The van der Waals surface area contributed by atoms with E-state index < -0.39 is 0 Å². The lowest BCUT2D eigenvalue weighted by molar-refractivity contribution is -0.125. The maximum absolute atomic E-state index is 12.4. The van der Waals surface area contributed by atoms with E-state index in [4.69, 9.17) is 0 Å². The summed E-state index contributed by atoms with van der Waals surface area (Å²) in [6, 6.07) is 5.96. The Balaban J connectivity index is 1.55. The van der Waals surface area contributed by atoms with Crippen molar-refractivity contribution in [3.8, 4) is 11.1 Å². The zero-order chi connectivity index (χ0) is 18.8. The molecule has 1 aliphatic carbocycles. The van der Waals surface area contributed by atoms with Crippen molar-refractivity contribution < 1.29 is 4.79 Å². The predicted octanol–water partition coefficient (Wildman–Crippen LogP) is 2.66. The van der Waals surface area contributed by atoms with Gasteiger partial charge < -0.3 is 15.2 Å². The number of nitrogens with one attached hydrogen (secondary N) is 2. The highest BCUT2D eigenvalue weighted by atomic mass is 16.2. The van der Waals surface area contributed by atoms with E-state index in [0.717, 1.165) is 30.6 Å². The molecule has 2 atom stereocenters. The maximum Gasteiger partial charge on any atom is 0.271 e. The van der Waals surface area contributed by atoms with Crippen molar-refractivity contribution in [3.05, 3.63) is 59.8 Å². The first-order valence-electron chi connectivity index (χ1n) is 9.46. The first-order valence-corrected chi connectivity index (χ1v) is 9.46. The van der Waals surface area contributed by atoms with Crippen LogP contribution in [0.5, 0.6) is 0 Å². The molecule has 2 N–H and O–H groups in total. The van der Waals surface area contributed by atoms with Gasteiger partial charge in [0.1, 0.15) is 5.69 Å². The number of hydrogen-bond acceptors (Lipinski definition) is 4. The van der Waals surface area contributed by atoms with Crippen molar-refractivity contribution in [1.82, 2.24) is 14.9 Å². The first-order chi connectivity index (χ1) is 13.2. The number of aromatic amines is 1. The van der Waals surface area contributed by atoms with E-state index in [2.05, 4.69) is 21.9 Å². The van der Waals surface area contributed by atoms with Crippen LogP contribution in [-0.4, -0.2) is 39.9 Å². The Morgan fingerprint density at radius 1 is 1.26 bits per heavy atom. The number of carbonyl (C=O) groups is 1. The quantitative estimate of drug-likeness (QED) is 0.773. The van der Waals surface area contributed by atoms with Crippen molar-refractivity contribution in [3.63, 3.8) is 0 Å². The molecule has 6 nitrogen and oxygen atoms in total. The minimum absolute atomic E-state index is 0.00965. The van der Waals surface area contributed by atoms with E-state index in [1.807, 2.05) is 23.1 Å². The summed E-state index contributed by atoms with van der Waals surface area (Å²) >= 11 is 0. The third kappa shape index (κ3) is 3.79. The van der Waals surface area contributed by atoms with E-state index in [9.17, 15) is 9.59 Å². The minimum Gasteiger partial charge on any atom is -0.377 e. The highest BCUT2D eigenvalue weighted by molar-refractivity contribution is 5.87. The van der Waals surface area contributed by atoms with Gasteiger partial charge in [0.25, 0.3) is 5.56 Å². The van der Waals surface area contributed by atoms with Crippen molar-refractivity contribution >= 4 is 11.6 Å². The summed E-state index contributed by atoms with van der Waals surface area (Å²) in [6.45, 7) is 5.06. The Kier molecular flexibility index (Phi) is 4.79. The topological polar surface area (TPSA) is 78.1 Å². The lowest BCUT2D eigenvalue weighted by Crippen LogP contribution is -2.36. The highest BCUT2D eigenvalue weighted by Crippen LogP contribution is 2.40. The van der Waals surface area contributed by atoms with Gasteiger partial charge in [-0.2, -0.15) is 0 Å². The molecule has 0 bridgehead atoms. The van der Waals surface area contributed by atoms with Crippen LogP contribution in [0.25, 0.3) is 11.1 Å². The van der Waals surface area contributed by atoms with Crippen LogP contribution in [0.4, 0.5) is 5.69 Å². The van der Waals surface area contributed by atoms with Crippen molar-refractivity contribution in [1.29, 1.82) is 0 Å². The van der Waals surface area contributed by atoms with Crippen molar-refractivity contribution in [2.24, 2.45) is 11.8 Å². The van der Waals surface area contributed by atoms with Gasteiger partial charge in [-0.25, -0.2) is 0 Å². The predicted molar refractivity (Wildman–Crippen MR) is 105 cm³/mol. The molecule has 0 aromatic carbocycles. The number of carbonyl (C=O) groups excluding carboxylic acids is 1. The number of anilines is 1. The summed E-state index contributed by atoms with van der Waals surface area (Å²) in [5.74, 6) is 0.910. The normalized spacial score (nSPS) is 20.3. The van der Waals surface area contributed by atoms with E-state index in [-0.39, 0.29) is 17.5 Å². The largest absolute Gasteiger partial charge is 0.377 e. The van der Waals surface area contributed by atoms with Crippen molar-refractivity contribution in [2.75, 3.05) is 18.4 Å². The number of rotatable bonds is 6. The molecule has 1 saturated heterocycles. The van der Waals surface area contributed by atoms with Gasteiger partial charge in [0.15, 0.2) is 0 Å². The third-order valence-corrected chi connectivity index (χ3v) is 5.59. The van der Waals surface area contributed by atoms with Crippen LogP contribution >= 0.6 is 0 Å². The van der Waals surface area contributed by atoms with Crippen LogP contribution in [0.2, 0.25) is 0 Å². The average molecular weight is 364 g/mol. The SMILES string of the molecule is C=CC(=O)N1CCC([C@@H](Nc2cc(-c3ccncc3)c[nH]c2=O)C2CC2)C1. The van der Waals surface area contributed by atoms with E-state index in [1.165, 1.54) is 18.9 Å². The summed E-state index contributed by atoms with van der Waals surface area (Å²) in [4.78, 5) is 33.1. The summed E-state index contributed by atoms with van der Waals surface area (Å²) < 4.78 is 0. The van der Waals surface area contributed by atoms with Gasteiger partial charge >= 0.3 is 0 Å². The zero-order valence-corrected chi connectivity index (χ0v) is 15.2. The molecule has 140 valence electrons. The molecule has 1 aliphatic heterocycles. The summed E-state index contributed by atoms with van der Waals surface area (Å²) in [5.41, 5.74) is 2.44. The van der Waals surface area contributed by atoms with Gasteiger partial charge in [0.05, 0.1) is 0 Å². The molecule has 2 fully saturated rings. The van der Waals surface area contributed by atoms with Crippen LogP contribution in [0.15, 0.2) is 54.2 Å². The van der Waals surface area contributed by atoms with Gasteiger partial charge in [-0.15, -0.1) is 0 Å². The number of amides is 1. The molecule has 1 saturated carbocycles. The molecule has 2 aromatic heterocycles. The Labute approximate surface area is 158 Å². The number of aromatic nitrogens is 2. The Morgan fingerprint density at radius 2 is 2.04 bits per heavy atom. The third-order valence-electron chi connectivity index (χ3n) is 5.59. The zero-order valence-electron chi connectivity index (χ0n) is 15.2. The van der Waals surface area contributed by atoms with Crippen molar-refractivity contribution in [2.45, 2.75) is 25.3 Å². The average Bonchev–Trinajstić information content (AvgIpc) is 3.43. The number of H-pyrrole nitrogens is 1. The van der Waals surface area contributed by atoms with E-state index in [1.54, 1.807) is 18.6 Å². The van der Waals surface area contributed by atoms with Gasteiger partial charge in [-0.1, -0.05) is 6.58 Å². The standard InChI is InChI=1S/C21H24N4O2/c1-2-19(26)25-10-7-16(13-25)20(15-3-4-15)24-18-11-17(12-23-21(18)27)14-5-8-22-9-6-14/h2,5-6,8-9,11-12,15-16,20,24H,1,3-4,7,10,13H2,(H,23,27)/t16?,20-/m0/s1. The molecule has 2 aliphatic rings. The van der Waals surface area contributed by atoms with E-state index in [0.29, 0.717) is 17.5 Å². The van der Waals surface area contributed by atoms with Crippen LogP contribution in [0.3, 0.4) is 0 Å². The number of pyridine rings is 2. The van der Waals surface area contributed by atoms with Crippen LogP contribution in [0, 0.1) is 11.8 Å². The van der Waals surface area contributed by atoms with Gasteiger partial charge in [0.2, 0.25) is 5.91 Å². The Hall–Kier alpha value is -2.89. The number of likely N-dealkylation sites (tertiary alicyclic amines) is 1. The molecule has 27 heavy (non-hydrogen) atoms. The monoisotopic (exact) mass is 364 g/mol. The maximum atomic E-state index is 12.4. The fourth-order valence-electron chi connectivity index (χ4n) is 3.97. The smallest absolute Gasteiger partial charge is 0.271 e. The lowest BCUT2D eigenvalue weighted by atomic mass is 9.94. The van der Waals surface area contributed by atoms with Crippen LogP contribution < -0.4 is 10.9 Å². The molecule has 0 radical (unpaired) electrons. The molecular formula is C21H24N4O2. The van der Waals surface area contributed by atoms with Gasteiger partial charge in [-0.3, -0.25) is 14.6 Å². The number of nitrogens with zero attached hydrogens (tertiary/aromatic N) is 2. The Morgan fingerprint density at radius 3 is 2.74 bits per heavy atom. The minimum atomic E-state index is -0.115.